The van der Waals surface area contributed by atoms with Crippen molar-refractivity contribution in [1.29, 1.82) is 0 Å². The van der Waals surface area contributed by atoms with Gasteiger partial charge in [0.25, 0.3) is 0 Å². The van der Waals surface area contributed by atoms with Gasteiger partial charge in [0.15, 0.2) is 0 Å². The second kappa shape index (κ2) is 14.5. The topological polar surface area (TPSA) is 8.17 Å². The van der Waals surface area contributed by atoms with Crippen LogP contribution in [0.5, 0.6) is 0 Å². The number of fused-ring (bicyclic) bond motifs is 6. The van der Waals surface area contributed by atoms with Crippen molar-refractivity contribution in [1.82, 2.24) is 9.47 Å². The normalized spacial score (nSPS) is 28.0. The van der Waals surface area contributed by atoms with Crippen molar-refractivity contribution in [3.63, 3.8) is 0 Å². The minimum absolute atomic E-state index is 0.0380. The number of nitrogens with zero attached hydrogens (tertiary/aromatic N) is 2. The van der Waals surface area contributed by atoms with Crippen molar-refractivity contribution >= 4 is 21.8 Å². The average Bonchev–Trinajstić information content (AvgIpc) is 3.75. The van der Waals surface area contributed by atoms with Gasteiger partial charge >= 0.3 is 0 Å². The van der Waals surface area contributed by atoms with E-state index in [0.29, 0.717) is 18.0 Å². The van der Waals surface area contributed by atoms with Gasteiger partial charge in [0, 0.05) is 56.5 Å². The first kappa shape index (κ1) is 37.4. The molecule has 2 heteroatoms. The second-order valence-corrected chi connectivity index (χ2v) is 19.0. The van der Waals surface area contributed by atoms with Crippen LogP contribution in [0.1, 0.15) is 106 Å². The van der Waals surface area contributed by atoms with Gasteiger partial charge in [-0.2, -0.15) is 0 Å². The highest BCUT2D eigenvalue weighted by Gasteiger charge is 2.57. The molecule has 300 valence electrons. The molecule has 1 aromatic heterocycles. The summed E-state index contributed by atoms with van der Waals surface area (Å²) in [4.78, 5) is 2.83. The van der Waals surface area contributed by atoms with E-state index >= 15 is 0 Å². The Hall–Kier alpha value is -5.60. The van der Waals surface area contributed by atoms with E-state index in [4.69, 9.17) is 0 Å². The van der Waals surface area contributed by atoms with Crippen LogP contribution in [0.15, 0.2) is 187 Å². The van der Waals surface area contributed by atoms with E-state index < -0.39 is 0 Å². The van der Waals surface area contributed by atoms with Crippen LogP contribution in [-0.4, -0.2) is 21.6 Å². The monoisotopic (exact) mass is 782 g/mol. The van der Waals surface area contributed by atoms with E-state index in [1.165, 1.54) is 61.7 Å². The zero-order valence-electron chi connectivity index (χ0n) is 35.6. The first-order valence-electron chi connectivity index (χ1n) is 22.9. The zero-order valence-corrected chi connectivity index (χ0v) is 35.6. The van der Waals surface area contributed by atoms with Crippen LogP contribution in [0, 0.1) is 5.92 Å². The van der Waals surface area contributed by atoms with E-state index in [9.17, 15) is 0 Å². The van der Waals surface area contributed by atoms with Crippen LogP contribution in [0.2, 0.25) is 0 Å². The lowest BCUT2D eigenvalue weighted by Crippen LogP contribution is -2.47. The molecule has 0 N–H and O–H groups in total. The minimum Gasteiger partial charge on any atom is -0.359 e. The molecule has 6 unspecified atom stereocenters. The fourth-order valence-corrected chi connectivity index (χ4v) is 12.6. The molecule has 5 aliphatic carbocycles. The lowest BCUT2D eigenvalue weighted by molar-refractivity contribution is 0.197. The third-order valence-electron chi connectivity index (χ3n) is 15.6. The van der Waals surface area contributed by atoms with Crippen LogP contribution in [0.4, 0.5) is 0 Å². The van der Waals surface area contributed by atoms with Crippen molar-refractivity contribution in [2.75, 3.05) is 0 Å². The van der Waals surface area contributed by atoms with E-state index in [2.05, 4.69) is 206 Å². The second-order valence-electron chi connectivity index (χ2n) is 19.0. The number of aromatic nitrogens is 1. The largest absolute Gasteiger partial charge is 0.359 e. The van der Waals surface area contributed by atoms with Crippen LogP contribution >= 0.6 is 0 Å². The highest BCUT2D eigenvalue weighted by Crippen LogP contribution is 2.63. The summed E-state index contributed by atoms with van der Waals surface area (Å²) in [5.41, 5.74) is 12.3. The predicted octanol–water partition coefficient (Wildman–Crippen LogP) is 14.2. The van der Waals surface area contributed by atoms with Crippen molar-refractivity contribution in [3.05, 3.63) is 215 Å². The Morgan fingerprint density at radius 2 is 1.30 bits per heavy atom. The first-order valence-corrected chi connectivity index (χ1v) is 22.9. The maximum atomic E-state index is 2.83. The summed E-state index contributed by atoms with van der Waals surface area (Å²) >= 11 is 0. The Morgan fingerprint density at radius 1 is 0.600 bits per heavy atom. The van der Waals surface area contributed by atoms with Gasteiger partial charge in [-0.05, 0) is 115 Å². The van der Waals surface area contributed by atoms with Gasteiger partial charge in [0.05, 0.1) is 5.41 Å². The Labute approximate surface area is 357 Å². The molecule has 1 heterocycles. The van der Waals surface area contributed by atoms with Gasteiger partial charge < -0.3 is 9.47 Å². The van der Waals surface area contributed by atoms with Crippen LogP contribution in [-0.2, 0) is 16.2 Å². The van der Waals surface area contributed by atoms with Gasteiger partial charge in [-0.1, -0.05) is 172 Å². The molecule has 0 radical (unpaired) electrons. The van der Waals surface area contributed by atoms with Gasteiger partial charge in [0.1, 0.15) is 0 Å². The number of rotatable bonds is 7. The lowest BCUT2D eigenvalue weighted by Gasteiger charge is -2.48. The fraction of sp³-hybridized carbons (Fsp3) is 0.310. The molecule has 6 aromatic rings. The molecule has 60 heavy (non-hydrogen) atoms. The summed E-state index contributed by atoms with van der Waals surface area (Å²) < 4.78 is 2.66. The molecule has 0 bridgehead atoms. The molecule has 0 spiro atoms. The van der Waals surface area contributed by atoms with E-state index in [1.807, 2.05) is 0 Å². The van der Waals surface area contributed by atoms with E-state index in [-0.39, 0.29) is 22.3 Å². The fourth-order valence-electron chi connectivity index (χ4n) is 12.6. The van der Waals surface area contributed by atoms with Crippen molar-refractivity contribution in [2.24, 2.45) is 5.92 Å². The molecule has 0 amide bonds. The van der Waals surface area contributed by atoms with Gasteiger partial charge in [-0.3, -0.25) is 0 Å². The van der Waals surface area contributed by atoms with Crippen molar-refractivity contribution in [3.8, 4) is 0 Å². The SMILES string of the molecule is CC1C=CCCC1n1c2ccccc2c2cc(C3(C)C=CC(N(C4=CCCC=C4)C4C=C5C(C)(CC4)c4ccccc4C5(c4ccccc4)c4ccccc4)CC3)ccc21. The molecule has 0 aliphatic heterocycles. The number of para-hydroxylation sites is 1. The molecule has 2 nitrogen and oxygen atoms in total. The Kier molecular flexibility index (Phi) is 9.07. The Bertz CT molecular complexity index is 2700. The molecule has 11 rings (SSSR count). The summed E-state index contributed by atoms with van der Waals surface area (Å²) in [5.74, 6) is 0.524. The highest BCUT2D eigenvalue weighted by molar-refractivity contribution is 6.08. The Balaban J connectivity index is 1.00. The molecule has 0 saturated heterocycles. The summed E-state index contributed by atoms with van der Waals surface area (Å²) in [7, 11) is 0. The third-order valence-corrected chi connectivity index (χ3v) is 15.6. The standard InChI is InChI=1S/C58H58N2/c1-41-19-13-17-29-52(41)60-53-30-18-14-26-48(53)49-39-44(31-32-54(49)60)56(2)36-33-46(34-37-56)59(45-24-11-6-12-25-45)47-35-38-57(3)50-27-15-16-28-51(50)58(55(57)40-47,42-20-7-4-8-21-42)43-22-9-5-10-23-43/h4-5,7-11,13-16,18-28,30-33,36,39-41,46-47,52H,6,12,17,29,34-35,37-38H2,1-3H3. The molecule has 5 aromatic carbocycles. The zero-order chi connectivity index (χ0) is 40.5. The van der Waals surface area contributed by atoms with Crippen LogP contribution in [0.3, 0.4) is 0 Å². The van der Waals surface area contributed by atoms with Gasteiger partial charge in [0.2, 0.25) is 0 Å². The van der Waals surface area contributed by atoms with Crippen molar-refractivity contribution < 1.29 is 0 Å². The number of hydrogen-bond donors (Lipinski definition) is 0. The maximum Gasteiger partial charge on any atom is 0.0673 e. The number of allylic oxidation sites excluding steroid dienone is 7. The summed E-state index contributed by atoms with van der Waals surface area (Å²) in [6, 6.07) is 49.8. The Morgan fingerprint density at radius 3 is 2.02 bits per heavy atom. The van der Waals surface area contributed by atoms with Crippen molar-refractivity contribution in [2.45, 2.75) is 107 Å². The summed E-state index contributed by atoms with van der Waals surface area (Å²) in [6.45, 7) is 7.41. The molecule has 0 saturated carbocycles. The molecular formula is C58H58N2. The van der Waals surface area contributed by atoms with E-state index in [0.717, 1.165) is 44.9 Å². The van der Waals surface area contributed by atoms with Crippen LogP contribution in [0.25, 0.3) is 21.8 Å². The molecule has 6 atom stereocenters. The smallest absolute Gasteiger partial charge is 0.0673 e. The lowest BCUT2D eigenvalue weighted by atomic mass is 9.61. The summed E-state index contributed by atoms with van der Waals surface area (Å²) in [5, 5.41) is 2.78. The van der Waals surface area contributed by atoms with Crippen LogP contribution < -0.4 is 0 Å². The average molecular weight is 783 g/mol. The molecule has 0 fully saturated rings. The maximum absolute atomic E-state index is 2.83. The van der Waals surface area contributed by atoms with Gasteiger partial charge in [-0.25, -0.2) is 0 Å². The third kappa shape index (κ3) is 5.66. The molecular weight excluding hydrogens is 725 g/mol. The first-order chi connectivity index (χ1) is 29.4. The summed E-state index contributed by atoms with van der Waals surface area (Å²) in [6.07, 6.45) is 29.1. The van der Waals surface area contributed by atoms with Gasteiger partial charge in [-0.15, -0.1) is 0 Å². The van der Waals surface area contributed by atoms with E-state index in [1.54, 1.807) is 5.57 Å². The number of benzene rings is 5. The molecule has 5 aliphatic rings. The predicted molar refractivity (Wildman–Crippen MR) is 251 cm³/mol. The highest BCUT2D eigenvalue weighted by atomic mass is 15.2. The number of hydrogen-bond acceptors (Lipinski definition) is 1. The quantitative estimate of drug-likeness (QED) is 0.146. The minimum atomic E-state index is -0.358.